The van der Waals surface area contributed by atoms with Gasteiger partial charge in [0.15, 0.2) is 5.96 Å². The predicted octanol–water partition coefficient (Wildman–Crippen LogP) is 3.74. The first-order valence-electron chi connectivity index (χ1n) is 10.1. The molecular formula is C22H32N4O2S. The second-order valence-corrected chi connectivity index (χ2v) is 7.32. The third-order valence-corrected chi connectivity index (χ3v) is 4.67. The second-order valence-electron chi connectivity index (χ2n) is 6.34. The van der Waals surface area contributed by atoms with Gasteiger partial charge in [0.25, 0.3) is 0 Å². The van der Waals surface area contributed by atoms with Crippen LogP contribution in [0.15, 0.2) is 53.7 Å². The maximum Gasteiger partial charge on any atom is 0.213 e. The molecule has 0 fully saturated rings. The van der Waals surface area contributed by atoms with Crippen LogP contribution in [-0.4, -0.2) is 49.3 Å². The molecule has 0 radical (unpaired) electrons. The van der Waals surface area contributed by atoms with Crippen LogP contribution in [0.2, 0.25) is 0 Å². The molecule has 1 aromatic carbocycles. The number of guanidine groups is 1. The molecule has 0 aliphatic heterocycles. The van der Waals surface area contributed by atoms with Crippen molar-refractivity contribution in [1.82, 2.24) is 15.6 Å². The van der Waals surface area contributed by atoms with E-state index in [0.717, 1.165) is 36.8 Å². The molecule has 2 N–H and O–H groups in total. The third kappa shape index (κ3) is 10.1. The maximum atomic E-state index is 5.63. The summed E-state index contributed by atoms with van der Waals surface area (Å²) in [7, 11) is 0. The molecular weight excluding hydrogens is 384 g/mol. The molecule has 0 aliphatic carbocycles. The highest BCUT2D eigenvalue weighted by atomic mass is 32.2. The Morgan fingerprint density at radius 2 is 1.86 bits per heavy atom. The van der Waals surface area contributed by atoms with Gasteiger partial charge in [-0.2, -0.15) is 11.8 Å². The summed E-state index contributed by atoms with van der Waals surface area (Å²) in [5.74, 6) is 3.48. The summed E-state index contributed by atoms with van der Waals surface area (Å²) in [6, 6.07) is 13.6. The maximum absolute atomic E-state index is 5.63. The van der Waals surface area contributed by atoms with Gasteiger partial charge < -0.3 is 20.1 Å². The van der Waals surface area contributed by atoms with Crippen molar-refractivity contribution in [3.05, 3.63) is 54.2 Å². The van der Waals surface area contributed by atoms with Gasteiger partial charge in [0, 0.05) is 25.4 Å². The van der Waals surface area contributed by atoms with Crippen molar-refractivity contribution < 1.29 is 9.47 Å². The van der Waals surface area contributed by atoms with Gasteiger partial charge in [0.05, 0.1) is 6.54 Å². The number of aromatic nitrogens is 1. The first kappa shape index (κ1) is 22.9. The molecule has 29 heavy (non-hydrogen) atoms. The standard InChI is InChI=1S/C22H32N4O2S/c1-3-23-22(24-13-7-8-16-29-2)26-18-19-11-12-21(25-17-19)28-15-14-27-20-9-5-4-6-10-20/h4-6,9-12,17H,3,7-8,13-16,18H2,1-2H3,(H2,23,24,26). The Morgan fingerprint density at radius 3 is 2.59 bits per heavy atom. The van der Waals surface area contributed by atoms with Crippen molar-refractivity contribution in [3.8, 4) is 11.6 Å². The molecule has 2 aromatic rings. The number of para-hydroxylation sites is 1. The SMILES string of the molecule is CCNC(=NCc1ccc(OCCOc2ccccc2)nc1)NCCCCSC. The average molecular weight is 417 g/mol. The third-order valence-electron chi connectivity index (χ3n) is 3.97. The summed E-state index contributed by atoms with van der Waals surface area (Å²) in [5.41, 5.74) is 1.04. The van der Waals surface area contributed by atoms with E-state index in [9.17, 15) is 0 Å². The van der Waals surface area contributed by atoms with E-state index in [4.69, 9.17) is 9.47 Å². The Hall–Kier alpha value is -2.41. The fourth-order valence-electron chi connectivity index (χ4n) is 2.50. The van der Waals surface area contributed by atoms with Gasteiger partial charge >= 0.3 is 0 Å². The largest absolute Gasteiger partial charge is 0.490 e. The van der Waals surface area contributed by atoms with Crippen molar-refractivity contribution >= 4 is 17.7 Å². The van der Waals surface area contributed by atoms with Crippen molar-refractivity contribution in [3.63, 3.8) is 0 Å². The Balaban J connectivity index is 1.71. The van der Waals surface area contributed by atoms with Gasteiger partial charge in [0.2, 0.25) is 5.88 Å². The number of rotatable bonds is 13. The lowest BCUT2D eigenvalue weighted by atomic mass is 10.3. The average Bonchev–Trinajstić information content (AvgIpc) is 2.76. The Bertz CT molecular complexity index is 696. The Labute approximate surface area is 178 Å². The molecule has 0 amide bonds. The number of hydrogen-bond acceptors (Lipinski definition) is 5. The first-order chi connectivity index (χ1) is 14.3. The van der Waals surface area contributed by atoms with Gasteiger partial charge in [-0.3, -0.25) is 0 Å². The molecule has 1 aromatic heterocycles. The number of pyridine rings is 1. The van der Waals surface area contributed by atoms with Crippen LogP contribution < -0.4 is 20.1 Å². The van der Waals surface area contributed by atoms with E-state index in [1.165, 1.54) is 12.2 Å². The zero-order valence-corrected chi connectivity index (χ0v) is 18.2. The fourth-order valence-corrected chi connectivity index (χ4v) is 3.00. The van der Waals surface area contributed by atoms with Crippen LogP contribution in [0.3, 0.4) is 0 Å². The van der Waals surface area contributed by atoms with Gasteiger partial charge in [0.1, 0.15) is 19.0 Å². The minimum atomic E-state index is 0.449. The summed E-state index contributed by atoms with van der Waals surface area (Å²) in [6.45, 7) is 5.34. The summed E-state index contributed by atoms with van der Waals surface area (Å²) >= 11 is 1.89. The number of hydrogen-bond donors (Lipinski definition) is 2. The van der Waals surface area contributed by atoms with E-state index in [1.807, 2.05) is 54.2 Å². The normalized spacial score (nSPS) is 11.2. The van der Waals surface area contributed by atoms with Crippen molar-refractivity contribution in [2.45, 2.75) is 26.3 Å². The van der Waals surface area contributed by atoms with Crippen molar-refractivity contribution in [2.75, 3.05) is 38.3 Å². The molecule has 6 nitrogen and oxygen atoms in total. The second kappa shape index (κ2) is 14.6. The fraction of sp³-hybridized carbons (Fsp3) is 0.455. The molecule has 0 aliphatic rings. The lowest BCUT2D eigenvalue weighted by molar-refractivity contribution is 0.212. The van der Waals surface area contributed by atoms with Crippen molar-refractivity contribution in [2.24, 2.45) is 4.99 Å². The van der Waals surface area contributed by atoms with Crippen LogP contribution in [0.25, 0.3) is 0 Å². The van der Waals surface area contributed by atoms with E-state index < -0.39 is 0 Å². The lowest BCUT2D eigenvalue weighted by Gasteiger charge is -2.11. The monoisotopic (exact) mass is 416 g/mol. The highest BCUT2D eigenvalue weighted by Crippen LogP contribution is 2.10. The van der Waals surface area contributed by atoms with Crippen LogP contribution in [0.1, 0.15) is 25.3 Å². The number of benzene rings is 1. The van der Waals surface area contributed by atoms with Gasteiger partial charge in [-0.15, -0.1) is 0 Å². The molecule has 1 heterocycles. The summed E-state index contributed by atoms with van der Waals surface area (Å²) in [6.07, 6.45) is 6.31. The van der Waals surface area contributed by atoms with E-state index >= 15 is 0 Å². The number of aliphatic imine (C=N–C) groups is 1. The van der Waals surface area contributed by atoms with Gasteiger partial charge in [-0.1, -0.05) is 24.3 Å². The van der Waals surface area contributed by atoms with E-state index in [2.05, 4.69) is 33.8 Å². The number of ether oxygens (including phenoxy) is 2. The highest BCUT2D eigenvalue weighted by Gasteiger charge is 2.00. The smallest absolute Gasteiger partial charge is 0.213 e. The molecule has 0 atom stereocenters. The predicted molar refractivity (Wildman–Crippen MR) is 122 cm³/mol. The van der Waals surface area contributed by atoms with Crippen LogP contribution in [0, 0.1) is 0 Å². The van der Waals surface area contributed by atoms with Gasteiger partial charge in [-0.05, 0) is 49.5 Å². The van der Waals surface area contributed by atoms with Crippen molar-refractivity contribution in [1.29, 1.82) is 0 Å². The van der Waals surface area contributed by atoms with Crippen LogP contribution in [-0.2, 0) is 6.54 Å². The van der Waals surface area contributed by atoms with Gasteiger partial charge in [-0.25, -0.2) is 9.98 Å². The molecule has 158 valence electrons. The number of unbranched alkanes of at least 4 members (excludes halogenated alkanes) is 1. The molecule has 0 spiro atoms. The van der Waals surface area contributed by atoms with E-state index in [-0.39, 0.29) is 0 Å². The first-order valence-corrected chi connectivity index (χ1v) is 11.5. The van der Waals surface area contributed by atoms with Crippen LogP contribution >= 0.6 is 11.8 Å². The molecule has 2 rings (SSSR count). The summed E-state index contributed by atoms with van der Waals surface area (Å²) in [4.78, 5) is 8.98. The molecule has 0 saturated heterocycles. The number of nitrogens with one attached hydrogen (secondary N) is 2. The van der Waals surface area contributed by atoms with E-state index in [0.29, 0.717) is 25.6 Å². The van der Waals surface area contributed by atoms with Crippen LogP contribution in [0.4, 0.5) is 0 Å². The summed E-state index contributed by atoms with van der Waals surface area (Å²) < 4.78 is 11.2. The Kier molecular flexibility index (Phi) is 11.5. The zero-order valence-electron chi connectivity index (χ0n) is 17.4. The quantitative estimate of drug-likeness (QED) is 0.295. The topological polar surface area (TPSA) is 67.8 Å². The molecule has 7 heteroatoms. The number of nitrogens with zero attached hydrogens (tertiary/aromatic N) is 2. The van der Waals surface area contributed by atoms with E-state index in [1.54, 1.807) is 6.20 Å². The summed E-state index contributed by atoms with van der Waals surface area (Å²) in [5, 5.41) is 6.66. The molecule has 0 unspecified atom stereocenters. The molecule has 0 bridgehead atoms. The minimum Gasteiger partial charge on any atom is -0.490 e. The van der Waals surface area contributed by atoms with Crippen LogP contribution in [0.5, 0.6) is 11.6 Å². The minimum absolute atomic E-state index is 0.449. The number of thioether (sulfide) groups is 1. The Morgan fingerprint density at radius 1 is 1.03 bits per heavy atom. The molecule has 0 saturated carbocycles. The highest BCUT2D eigenvalue weighted by molar-refractivity contribution is 7.98. The lowest BCUT2D eigenvalue weighted by Crippen LogP contribution is -2.37. The zero-order chi connectivity index (χ0) is 20.6.